The molecular weight excluding hydrogens is 274 g/mol. The van der Waals surface area contributed by atoms with Crippen LogP contribution in [0.4, 0.5) is 0 Å². The molecule has 1 spiro atoms. The molecule has 2 aliphatic rings. The zero-order chi connectivity index (χ0) is 15.6. The molecule has 22 heavy (non-hydrogen) atoms. The fourth-order valence-corrected chi connectivity index (χ4v) is 3.92. The number of hydrogen-bond acceptors (Lipinski definition) is 3. The highest BCUT2D eigenvalue weighted by Crippen LogP contribution is 2.47. The van der Waals surface area contributed by atoms with Crippen LogP contribution in [0.15, 0.2) is 24.3 Å². The molecule has 1 fully saturated rings. The van der Waals surface area contributed by atoms with E-state index in [0.29, 0.717) is 6.04 Å². The highest BCUT2D eigenvalue weighted by atomic mass is 16.5. The molecule has 1 unspecified atom stereocenters. The summed E-state index contributed by atoms with van der Waals surface area (Å²) < 4.78 is 6.41. The van der Waals surface area contributed by atoms with E-state index in [0.717, 1.165) is 25.1 Å². The van der Waals surface area contributed by atoms with Gasteiger partial charge in [0.2, 0.25) is 0 Å². The first-order valence-corrected chi connectivity index (χ1v) is 8.66. The molecule has 3 rings (SSSR count). The lowest BCUT2D eigenvalue weighted by molar-refractivity contribution is 0.0346. The molecule has 1 aromatic carbocycles. The molecule has 1 aromatic rings. The Morgan fingerprint density at radius 2 is 2.00 bits per heavy atom. The van der Waals surface area contributed by atoms with Gasteiger partial charge in [-0.25, -0.2) is 0 Å². The molecule has 1 atom stereocenters. The van der Waals surface area contributed by atoms with Crippen LogP contribution in [0.5, 0.6) is 5.75 Å². The van der Waals surface area contributed by atoms with Gasteiger partial charge >= 0.3 is 0 Å². The molecule has 122 valence electrons. The van der Waals surface area contributed by atoms with Crippen molar-refractivity contribution >= 4 is 0 Å². The van der Waals surface area contributed by atoms with Crippen LogP contribution in [0.25, 0.3) is 0 Å². The van der Waals surface area contributed by atoms with Gasteiger partial charge in [-0.3, -0.25) is 0 Å². The molecule has 0 bridgehead atoms. The van der Waals surface area contributed by atoms with Crippen LogP contribution in [0.3, 0.4) is 0 Å². The standard InChI is InChI=1S/C19H29NO2/c1-18(2,11-12-21)14-20-16-13-19(9-5-6-10-19)22-17-8-4-3-7-15(16)17/h3-4,7-8,16,20-21H,5-6,9-14H2,1-2H3. The molecule has 0 radical (unpaired) electrons. The highest BCUT2D eigenvalue weighted by molar-refractivity contribution is 5.39. The van der Waals surface area contributed by atoms with Gasteiger partial charge in [-0.05, 0) is 43.6 Å². The summed E-state index contributed by atoms with van der Waals surface area (Å²) >= 11 is 0. The third-order valence-electron chi connectivity index (χ3n) is 5.33. The average Bonchev–Trinajstić information content (AvgIpc) is 2.92. The van der Waals surface area contributed by atoms with E-state index in [1.54, 1.807) is 0 Å². The van der Waals surface area contributed by atoms with Crippen molar-refractivity contribution in [1.29, 1.82) is 0 Å². The predicted molar refractivity (Wildman–Crippen MR) is 89.1 cm³/mol. The first kappa shape index (κ1) is 15.8. The van der Waals surface area contributed by atoms with Crippen molar-refractivity contribution in [2.75, 3.05) is 13.2 Å². The van der Waals surface area contributed by atoms with Crippen LogP contribution in [-0.2, 0) is 0 Å². The van der Waals surface area contributed by atoms with Gasteiger partial charge in [0, 0.05) is 31.2 Å². The van der Waals surface area contributed by atoms with Gasteiger partial charge in [-0.1, -0.05) is 32.0 Å². The smallest absolute Gasteiger partial charge is 0.124 e. The molecule has 1 aliphatic heterocycles. The molecule has 1 saturated carbocycles. The SMILES string of the molecule is CC(C)(CCO)CNC1CC2(CCCC2)Oc2ccccc21. The molecule has 0 aromatic heterocycles. The average molecular weight is 303 g/mol. The van der Waals surface area contributed by atoms with Crippen molar-refractivity contribution in [3.8, 4) is 5.75 Å². The topological polar surface area (TPSA) is 41.5 Å². The van der Waals surface area contributed by atoms with Crippen LogP contribution < -0.4 is 10.1 Å². The summed E-state index contributed by atoms with van der Waals surface area (Å²) in [6.07, 6.45) is 6.82. The maximum atomic E-state index is 9.22. The lowest BCUT2D eigenvalue weighted by Gasteiger charge is -2.41. The third kappa shape index (κ3) is 3.31. The van der Waals surface area contributed by atoms with Gasteiger partial charge < -0.3 is 15.2 Å². The molecule has 0 saturated heterocycles. The summed E-state index contributed by atoms with van der Waals surface area (Å²) in [5.74, 6) is 1.06. The van der Waals surface area contributed by atoms with Crippen LogP contribution in [-0.4, -0.2) is 23.9 Å². The van der Waals surface area contributed by atoms with E-state index < -0.39 is 0 Å². The maximum Gasteiger partial charge on any atom is 0.124 e. The Kier molecular flexibility index (Phi) is 4.47. The fourth-order valence-electron chi connectivity index (χ4n) is 3.92. The number of rotatable bonds is 5. The minimum Gasteiger partial charge on any atom is -0.487 e. The van der Waals surface area contributed by atoms with Crippen LogP contribution in [0.2, 0.25) is 0 Å². The Balaban J connectivity index is 1.77. The second-order valence-electron chi connectivity index (χ2n) is 7.81. The van der Waals surface area contributed by atoms with Crippen LogP contribution >= 0.6 is 0 Å². The minimum atomic E-state index is 0.0488. The first-order chi connectivity index (χ1) is 10.5. The Morgan fingerprint density at radius 3 is 2.73 bits per heavy atom. The number of aliphatic hydroxyl groups excluding tert-OH is 1. The summed E-state index contributed by atoms with van der Waals surface area (Å²) in [5.41, 5.74) is 1.46. The largest absolute Gasteiger partial charge is 0.487 e. The van der Waals surface area contributed by atoms with Gasteiger partial charge in [-0.2, -0.15) is 0 Å². The number of fused-ring (bicyclic) bond motifs is 1. The lowest BCUT2D eigenvalue weighted by Crippen LogP contribution is -2.44. The Morgan fingerprint density at radius 1 is 1.27 bits per heavy atom. The van der Waals surface area contributed by atoms with Gasteiger partial charge in [0.1, 0.15) is 11.4 Å². The van der Waals surface area contributed by atoms with Crippen LogP contribution in [0.1, 0.15) is 64.0 Å². The molecule has 0 amide bonds. The van der Waals surface area contributed by atoms with Crippen molar-refractivity contribution in [3.63, 3.8) is 0 Å². The Labute approximate surface area is 134 Å². The summed E-state index contributed by atoms with van der Waals surface area (Å²) in [5, 5.41) is 13.0. The highest BCUT2D eigenvalue weighted by Gasteiger charge is 2.43. The lowest BCUT2D eigenvalue weighted by atomic mass is 9.84. The van der Waals surface area contributed by atoms with E-state index in [4.69, 9.17) is 4.74 Å². The zero-order valence-electron chi connectivity index (χ0n) is 13.9. The maximum absolute atomic E-state index is 9.22. The van der Waals surface area contributed by atoms with Crippen molar-refractivity contribution in [2.24, 2.45) is 5.41 Å². The molecular formula is C19H29NO2. The monoisotopic (exact) mass is 303 g/mol. The molecule has 3 heteroatoms. The van der Waals surface area contributed by atoms with E-state index in [1.165, 1.54) is 31.2 Å². The second-order valence-corrected chi connectivity index (χ2v) is 7.81. The number of ether oxygens (including phenoxy) is 1. The van der Waals surface area contributed by atoms with Crippen molar-refractivity contribution in [1.82, 2.24) is 5.32 Å². The number of para-hydroxylation sites is 1. The van der Waals surface area contributed by atoms with Crippen molar-refractivity contribution in [3.05, 3.63) is 29.8 Å². The van der Waals surface area contributed by atoms with E-state index in [-0.39, 0.29) is 17.6 Å². The summed E-state index contributed by atoms with van der Waals surface area (Å²) in [6.45, 7) is 5.60. The number of nitrogens with one attached hydrogen (secondary N) is 1. The fraction of sp³-hybridized carbons (Fsp3) is 0.684. The predicted octanol–water partition coefficient (Wildman–Crippen LogP) is 3.82. The van der Waals surface area contributed by atoms with Crippen molar-refractivity contribution < 1.29 is 9.84 Å². The van der Waals surface area contributed by atoms with Gasteiger partial charge in [0.25, 0.3) is 0 Å². The first-order valence-electron chi connectivity index (χ1n) is 8.66. The van der Waals surface area contributed by atoms with Gasteiger partial charge in [0.15, 0.2) is 0 Å². The number of hydrogen-bond donors (Lipinski definition) is 2. The van der Waals surface area contributed by atoms with Crippen molar-refractivity contribution in [2.45, 2.75) is 64.0 Å². The minimum absolute atomic E-state index is 0.0488. The Bertz CT molecular complexity index is 506. The molecule has 1 aliphatic carbocycles. The number of benzene rings is 1. The van der Waals surface area contributed by atoms with Gasteiger partial charge in [0.05, 0.1) is 0 Å². The number of aliphatic hydroxyl groups is 1. The molecule has 2 N–H and O–H groups in total. The quantitative estimate of drug-likeness (QED) is 0.869. The van der Waals surface area contributed by atoms with Crippen LogP contribution in [0, 0.1) is 5.41 Å². The molecule has 3 nitrogen and oxygen atoms in total. The van der Waals surface area contributed by atoms with E-state index in [9.17, 15) is 5.11 Å². The zero-order valence-corrected chi connectivity index (χ0v) is 13.9. The second kappa shape index (κ2) is 6.21. The third-order valence-corrected chi connectivity index (χ3v) is 5.33. The van der Waals surface area contributed by atoms with E-state index in [1.807, 2.05) is 0 Å². The Hall–Kier alpha value is -1.06. The van der Waals surface area contributed by atoms with E-state index >= 15 is 0 Å². The van der Waals surface area contributed by atoms with E-state index in [2.05, 4.69) is 43.4 Å². The van der Waals surface area contributed by atoms with Gasteiger partial charge in [-0.15, -0.1) is 0 Å². The summed E-state index contributed by atoms with van der Waals surface area (Å²) in [4.78, 5) is 0. The normalized spacial score (nSPS) is 23.3. The summed E-state index contributed by atoms with van der Waals surface area (Å²) in [6, 6.07) is 8.83. The summed E-state index contributed by atoms with van der Waals surface area (Å²) in [7, 11) is 0. The molecule has 1 heterocycles.